The van der Waals surface area contributed by atoms with Crippen molar-refractivity contribution in [2.24, 2.45) is 7.05 Å². The van der Waals surface area contributed by atoms with Gasteiger partial charge in [0.25, 0.3) is 5.56 Å². The predicted molar refractivity (Wildman–Crippen MR) is 94.6 cm³/mol. The van der Waals surface area contributed by atoms with Crippen LogP contribution in [-0.4, -0.2) is 31.8 Å². The monoisotopic (exact) mass is 393 g/mol. The Bertz CT molecular complexity index is 852. The third kappa shape index (κ3) is 3.58. The molecule has 1 aliphatic rings. The molecule has 0 spiro atoms. The Kier molecular flexibility index (Phi) is 5.13. The Labute approximate surface area is 147 Å². The van der Waals surface area contributed by atoms with E-state index in [9.17, 15) is 9.59 Å². The third-order valence-corrected chi connectivity index (χ3v) is 4.79. The zero-order valence-electron chi connectivity index (χ0n) is 13.6. The first-order chi connectivity index (χ1) is 11.6. The van der Waals surface area contributed by atoms with Gasteiger partial charge >= 0.3 is 0 Å². The molecular weight excluding hydrogens is 374 g/mol. The number of amides is 1. The number of carbonyl (C=O) groups is 1. The predicted octanol–water partition coefficient (Wildman–Crippen LogP) is 1.90. The van der Waals surface area contributed by atoms with Crippen molar-refractivity contribution in [3.8, 4) is 0 Å². The maximum atomic E-state index is 12.5. The van der Waals surface area contributed by atoms with Crippen LogP contribution in [0.1, 0.15) is 32.1 Å². The quantitative estimate of drug-likeness (QED) is 0.786. The molecule has 0 saturated heterocycles. The highest BCUT2D eigenvalue weighted by Gasteiger charge is 2.15. The third-order valence-electron chi connectivity index (χ3n) is 4.24. The molecule has 0 bridgehead atoms. The summed E-state index contributed by atoms with van der Waals surface area (Å²) in [4.78, 5) is 28.8. The minimum Gasteiger partial charge on any atom is -0.354 e. The van der Waals surface area contributed by atoms with Crippen molar-refractivity contribution in [1.29, 1.82) is 0 Å². The van der Waals surface area contributed by atoms with E-state index in [0.29, 0.717) is 22.2 Å². The lowest BCUT2D eigenvalue weighted by atomic mass is 9.97. The number of nitrogens with zero attached hydrogens (tertiary/aromatic N) is 4. The SMILES string of the molecule is Cn1nc(Br)c2c(=O)n(CC(=O)NCCC3=CCCCC3)cnc21. The maximum absolute atomic E-state index is 12.5. The number of fused-ring (bicyclic) bond motifs is 1. The molecule has 0 aliphatic heterocycles. The van der Waals surface area contributed by atoms with E-state index in [2.05, 4.69) is 37.4 Å². The summed E-state index contributed by atoms with van der Waals surface area (Å²) in [6.07, 6.45) is 9.32. The van der Waals surface area contributed by atoms with Crippen LogP contribution in [0.2, 0.25) is 0 Å². The second-order valence-electron chi connectivity index (χ2n) is 6.00. The zero-order valence-corrected chi connectivity index (χ0v) is 15.2. The number of aryl methyl sites for hydroxylation is 1. The lowest BCUT2D eigenvalue weighted by Crippen LogP contribution is -2.33. The summed E-state index contributed by atoms with van der Waals surface area (Å²) < 4.78 is 3.28. The van der Waals surface area contributed by atoms with Crippen LogP contribution in [0, 0.1) is 0 Å². The number of halogens is 1. The van der Waals surface area contributed by atoms with Gasteiger partial charge in [-0.3, -0.25) is 14.2 Å². The Morgan fingerprint density at radius 2 is 2.25 bits per heavy atom. The van der Waals surface area contributed by atoms with Gasteiger partial charge in [-0.15, -0.1) is 0 Å². The van der Waals surface area contributed by atoms with Crippen molar-refractivity contribution in [2.45, 2.75) is 38.6 Å². The van der Waals surface area contributed by atoms with Gasteiger partial charge < -0.3 is 5.32 Å². The first kappa shape index (κ1) is 16.9. The summed E-state index contributed by atoms with van der Waals surface area (Å²) in [5.74, 6) is -0.185. The van der Waals surface area contributed by atoms with E-state index in [1.807, 2.05) is 0 Å². The molecule has 0 saturated carbocycles. The molecule has 1 N–H and O–H groups in total. The molecule has 0 atom stereocenters. The first-order valence-electron chi connectivity index (χ1n) is 8.08. The van der Waals surface area contributed by atoms with Crippen LogP contribution in [0.15, 0.2) is 27.4 Å². The van der Waals surface area contributed by atoms with Gasteiger partial charge in [-0.05, 0) is 48.0 Å². The highest BCUT2D eigenvalue weighted by molar-refractivity contribution is 9.10. The van der Waals surface area contributed by atoms with Gasteiger partial charge in [-0.1, -0.05) is 11.6 Å². The molecule has 0 radical (unpaired) electrons. The fourth-order valence-electron chi connectivity index (χ4n) is 2.95. The van der Waals surface area contributed by atoms with Gasteiger partial charge in [0.1, 0.15) is 22.9 Å². The molecule has 2 heterocycles. The molecular formula is C16H20BrN5O2. The number of allylic oxidation sites excluding steroid dienone is 1. The summed E-state index contributed by atoms with van der Waals surface area (Å²) in [6.45, 7) is 0.563. The molecule has 7 nitrogen and oxygen atoms in total. The van der Waals surface area contributed by atoms with E-state index < -0.39 is 0 Å². The van der Waals surface area contributed by atoms with Gasteiger partial charge in [-0.25, -0.2) is 9.67 Å². The average molecular weight is 394 g/mol. The topological polar surface area (TPSA) is 81.8 Å². The fourth-order valence-corrected chi connectivity index (χ4v) is 3.54. The number of nitrogens with one attached hydrogen (secondary N) is 1. The van der Waals surface area contributed by atoms with E-state index in [4.69, 9.17) is 0 Å². The maximum Gasteiger partial charge on any atom is 0.266 e. The van der Waals surface area contributed by atoms with Crippen LogP contribution < -0.4 is 10.9 Å². The molecule has 0 aromatic carbocycles. The van der Waals surface area contributed by atoms with Crippen molar-refractivity contribution < 1.29 is 4.79 Å². The lowest BCUT2D eigenvalue weighted by Gasteiger charge is -2.13. The lowest BCUT2D eigenvalue weighted by molar-refractivity contribution is -0.121. The summed E-state index contributed by atoms with van der Waals surface area (Å²) in [5.41, 5.74) is 1.64. The minimum atomic E-state index is -0.273. The van der Waals surface area contributed by atoms with Gasteiger partial charge in [0.2, 0.25) is 5.91 Å². The van der Waals surface area contributed by atoms with E-state index >= 15 is 0 Å². The molecule has 1 amide bonds. The Morgan fingerprint density at radius 1 is 1.42 bits per heavy atom. The number of carbonyl (C=O) groups excluding carboxylic acids is 1. The second kappa shape index (κ2) is 7.29. The van der Waals surface area contributed by atoms with Gasteiger partial charge in [0, 0.05) is 13.6 Å². The largest absolute Gasteiger partial charge is 0.354 e. The molecule has 8 heteroatoms. The standard InChI is InChI=1S/C16H20BrN5O2/c1-21-15-13(14(17)20-21)16(24)22(10-19-15)9-12(23)18-8-7-11-5-3-2-4-6-11/h5,10H,2-4,6-9H2,1H3,(H,18,23). The van der Waals surface area contributed by atoms with Gasteiger partial charge in [0.15, 0.2) is 5.65 Å². The second-order valence-corrected chi connectivity index (χ2v) is 6.75. The molecule has 0 unspecified atom stereocenters. The normalized spacial score (nSPS) is 14.7. The number of hydrogen-bond acceptors (Lipinski definition) is 4. The molecule has 128 valence electrons. The van der Waals surface area contributed by atoms with E-state index in [0.717, 1.165) is 19.3 Å². The highest BCUT2D eigenvalue weighted by Crippen LogP contribution is 2.19. The van der Waals surface area contributed by atoms with Crippen molar-refractivity contribution in [1.82, 2.24) is 24.6 Å². The van der Waals surface area contributed by atoms with E-state index in [-0.39, 0.29) is 18.0 Å². The van der Waals surface area contributed by atoms with E-state index in [1.165, 1.54) is 34.0 Å². The van der Waals surface area contributed by atoms with Crippen LogP contribution in [0.25, 0.3) is 11.0 Å². The first-order valence-corrected chi connectivity index (χ1v) is 8.88. The summed E-state index contributed by atoms with van der Waals surface area (Å²) >= 11 is 3.26. The van der Waals surface area contributed by atoms with Crippen LogP contribution in [0.5, 0.6) is 0 Å². The average Bonchev–Trinajstić information content (AvgIpc) is 2.86. The van der Waals surface area contributed by atoms with Gasteiger partial charge in [0.05, 0.1) is 0 Å². The number of aromatic nitrogens is 4. The van der Waals surface area contributed by atoms with Crippen LogP contribution >= 0.6 is 15.9 Å². The molecule has 2 aromatic heterocycles. The Hall–Kier alpha value is -1.96. The number of hydrogen-bond donors (Lipinski definition) is 1. The molecule has 0 fully saturated rings. The van der Waals surface area contributed by atoms with Crippen LogP contribution in [-0.2, 0) is 18.4 Å². The van der Waals surface area contributed by atoms with Crippen LogP contribution in [0.4, 0.5) is 0 Å². The smallest absolute Gasteiger partial charge is 0.266 e. The molecule has 1 aliphatic carbocycles. The highest BCUT2D eigenvalue weighted by atomic mass is 79.9. The van der Waals surface area contributed by atoms with Crippen molar-refractivity contribution in [3.63, 3.8) is 0 Å². The summed E-state index contributed by atoms with van der Waals surface area (Å²) in [5, 5.41) is 7.39. The molecule has 3 rings (SSSR count). The van der Waals surface area contributed by atoms with E-state index in [1.54, 1.807) is 7.05 Å². The fraction of sp³-hybridized carbons (Fsp3) is 0.500. The van der Waals surface area contributed by atoms with Crippen molar-refractivity contribution >= 4 is 32.9 Å². The Morgan fingerprint density at radius 3 is 3.00 bits per heavy atom. The molecule has 2 aromatic rings. The summed E-state index contributed by atoms with van der Waals surface area (Å²) in [6, 6.07) is 0. The molecule has 24 heavy (non-hydrogen) atoms. The van der Waals surface area contributed by atoms with Crippen LogP contribution in [0.3, 0.4) is 0 Å². The summed E-state index contributed by atoms with van der Waals surface area (Å²) in [7, 11) is 1.72. The number of rotatable bonds is 5. The minimum absolute atomic E-state index is 0.0395. The zero-order chi connectivity index (χ0) is 17.1. The Balaban J connectivity index is 1.63. The van der Waals surface area contributed by atoms with Crippen molar-refractivity contribution in [2.75, 3.05) is 6.54 Å². The van der Waals surface area contributed by atoms with Crippen molar-refractivity contribution in [3.05, 3.63) is 32.9 Å². The van der Waals surface area contributed by atoms with Gasteiger partial charge in [-0.2, -0.15) is 5.10 Å².